The molecule has 1 saturated heterocycles. The maximum Gasteiger partial charge on any atom is 0.257 e. The second-order valence-electron chi connectivity index (χ2n) is 5.92. The van der Waals surface area contributed by atoms with E-state index in [9.17, 15) is 4.79 Å². The van der Waals surface area contributed by atoms with Gasteiger partial charge in [-0.3, -0.25) is 15.0 Å². The standard InChI is InChI=1S/C17H22N4OS2/c1-23-17-20-19-16(24-17)18-15(22)14-8-6-13(7-9-14)12-21-10-4-2-3-5-11-21/h6-9H,2-5,10-12H2,1H3,(H,18,19,22). The summed E-state index contributed by atoms with van der Waals surface area (Å²) >= 11 is 2.91. The van der Waals surface area contributed by atoms with E-state index in [1.165, 1.54) is 67.4 Å². The minimum Gasteiger partial charge on any atom is -0.299 e. The Labute approximate surface area is 150 Å². The van der Waals surface area contributed by atoms with Crippen LogP contribution in [0.2, 0.25) is 0 Å². The summed E-state index contributed by atoms with van der Waals surface area (Å²) in [5, 5.41) is 11.3. The van der Waals surface area contributed by atoms with E-state index in [0.717, 1.165) is 10.9 Å². The van der Waals surface area contributed by atoms with Gasteiger partial charge < -0.3 is 0 Å². The fraction of sp³-hybridized carbons (Fsp3) is 0.471. The van der Waals surface area contributed by atoms with Crippen LogP contribution in [0, 0.1) is 0 Å². The number of aromatic nitrogens is 2. The first kappa shape index (κ1) is 17.4. The number of likely N-dealkylation sites (tertiary alicyclic amines) is 1. The summed E-state index contributed by atoms with van der Waals surface area (Å²) < 4.78 is 0.845. The molecule has 7 heteroatoms. The van der Waals surface area contributed by atoms with Gasteiger partial charge in [-0.2, -0.15) is 0 Å². The lowest BCUT2D eigenvalue weighted by atomic mass is 10.1. The highest BCUT2D eigenvalue weighted by Crippen LogP contribution is 2.23. The van der Waals surface area contributed by atoms with E-state index in [2.05, 4.69) is 20.4 Å². The summed E-state index contributed by atoms with van der Waals surface area (Å²) in [7, 11) is 0. The Bertz CT molecular complexity index is 663. The molecule has 0 radical (unpaired) electrons. The maximum atomic E-state index is 12.3. The van der Waals surface area contributed by atoms with Crippen molar-refractivity contribution >= 4 is 34.1 Å². The fourth-order valence-corrected chi connectivity index (χ4v) is 3.99. The molecule has 1 aliphatic heterocycles. The predicted octanol–water partition coefficient (Wildman–Crippen LogP) is 3.89. The van der Waals surface area contributed by atoms with Crippen molar-refractivity contribution < 1.29 is 4.79 Å². The molecule has 1 aliphatic rings. The molecule has 1 aromatic carbocycles. The van der Waals surface area contributed by atoms with Gasteiger partial charge in [0.05, 0.1) is 0 Å². The third kappa shape index (κ3) is 4.78. The second kappa shape index (κ2) is 8.60. The molecule has 3 rings (SSSR count). The molecule has 1 aromatic heterocycles. The summed E-state index contributed by atoms with van der Waals surface area (Å²) in [6.45, 7) is 3.32. The van der Waals surface area contributed by atoms with E-state index in [0.29, 0.717) is 10.7 Å². The molecule has 2 aromatic rings. The number of rotatable bonds is 5. The van der Waals surface area contributed by atoms with E-state index >= 15 is 0 Å². The lowest BCUT2D eigenvalue weighted by Gasteiger charge is -2.19. The van der Waals surface area contributed by atoms with E-state index in [4.69, 9.17) is 0 Å². The number of amides is 1. The topological polar surface area (TPSA) is 58.1 Å². The Morgan fingerprint density at radius 1 is 1.17 bits per heavy atom. The molecule has 2 heterocycles. The molecule has 128 valence electrons. The van der Waals surface area contributed by atoms with Crippen LogP contribution in [0.5, 0.6) is 0 Å². The molecular weight excluding hydrogens is 340 g/mol. The van der Waals surface area contributed by atoms with Crippen molar-refractivity contribution in [1.82, 2.24) is 15.1 Å². The average Bonchev–Trinajstić information content (AvgIpc) is 2.90. The summed E-state index contributed by atoms with van der Waals surface area (Å²) in [5.74, 6) is -0.139. The quantitative estimate of drug-likeness (QED) is 0.646. The largest absolute Gasteiger partial charge is 0.299 e. The number of nitrogens with zero attached hydrogens (tertiary/aromatic N) is 3. The molecule has 1 fully saturated rings. The van der Waals surface area contributed by atoms with Gasteiger partial charge >= 0.3 is 0 Å². The van der Waals surface area contributed by atoms with Gasteiger partial charge in [-0.05, 0) is 49.9 Å². The van der Waals surface area contributed by atoms with Crippen LogP contribution >= 0.6 is 23.1 Å². The first-order valence-electron chi connectivity index (χ1n) is 8.25. The van der Waals surface area contributed by atoms with Crippen molar-refractivity contribution in [2.24, 2.45) is 0 Å². The van der Waals surface area contributed by atoms with Gasteiger partial charge in [0.15, 0.2) is 4.34 Å². The number of hydrogen-bond acceptors (Lipinski definition) is 6. The maximum absolute atomic E-state index is 12.3. The number of carbonyl (C=O) groups is 1. The van der Waals surface area contributed by atoms with E-state index in [1.807, 2.05) is 30.5 Å². The van der Waals surface area contributed by atoms with Gasteiger partial charge in [0.2, 0.25) is 5.13 Å². The van der Waals surface area contributed by atoms with E-state index < -0.39 is 0 Å². The summed E-state index contributed by atoms with van der Waals surface area (Å²) in [6, 6.07) is 7.87. The Morgan fingerprint density at radius 2 is 1.88 bits per heavy atom. The van der Waals surface area contributed by atoms with Crippen LogP contribution in [0.4, 0.5) is 5.13 Å². The monoisotopic (exact) mass is 362 g/mol. The molecule has 24 heavy (non-hydrogen) atoms. The predicted molar refractivity (Wildman–Crippen MR) is 99.8 cm³/mol. The second-order valence-corrected chi connectivity index (χ2v) is 7.95. The molecule has 1 N–H and O–H groups in total. The molecule has 0 unspecified atom stereocenters. The molecular formula is C17H22N4OS2. The highest BCUT2D eigenvalue weighted by molar-refractivity contribution is 8.00. The first-order chi connectivity index (χ1) is 11.7. The van der Waals surface area contributed by atoms with Gasteiger partial charge in [0.25, 0.3) is 5.91 Å². The smallest absolute Gasteiger partial charge is 0.257 e. The van der Waals surface area contributed by atoms with Gasteiger partial charge in [0.1, 0.15) is 0 Å². The Kier molecular flexibility index (Phi) is 6.23. The van der Waals surface area contributed by atoms with Crippen molar-refractivity contribution in [3.63, 3.8) is 0 Å². The first-order valence-corrected chi connectivity index (χ1v) is 10.3. The molecule has 5 nitrogen and oxygen atoms in total. The Balaban J connectivity index is 1.57. The highest BCUT2D eigenvalue weighted by atomic mass is 32.2. The molecule has 0 saturated carbocycles. The number of carbonyl (C=O) groups excluding carboxylic acids is 1. The number of benzene rings is 1. The van der Waals surface area contributed by atoms with Crippen molar-refractivity contribution in [3.05, 3.63) is 35.4 Å². The lowest BCUT2D eigenvalue weighted by molar-refractivity contribution is 0.102. The van der Waals surface area contributed by atoms with Gasteiger partial charge in [0, 0.05) is 12.1 Å². The van der Waals surface area contributed by atoms with Crippen LogP contribution < -0.4 is 5.32 Å². The number of hydrogen-bond donors (Lipinski definition) is 1. The van der Waals surface area contributed by atoms with Crippen LogP contribution in [0.1, 0.15) is 41.6 Å². The zero-order valence-corrected chi connectivity index (χ0v) is 15.5. The SMILES string of the molecule is CSc1nnc(NC(=O)c2ccc(CN3CCCCCC3)cc2)s1. The highest BCUT2D eigenvalue weighted by Gasteiger charge is 2.12. The Hall–Kier alpha value is -1.44. The van der Waals surface area contributed by atoms with Crippen LogP contribution in [-0.2, 0) is 6.54 Å². The minimum atomic E-state index is -0.139. The zero-order chi connectivity index (χ0) is 16.8. The van der Waals surface area contributed by atoms with Crippen LogP contribution in [0.3, 0.4) is 0 Å². The van der Waals surface area contributed by atoms with Crippen molar-refractivity contribution in [2.45, 2.75) is 36.6 Å². The van der Waals surface area contributed by atoms with Crippen LogP contribution in [-0.4, -0.2) is 40.3 Å². The lowest BCUT2D eigenvalue weighted by Crippen LogP contribution is -2.24. The van der Waals surface area contributed by atoms with Gasteiger partial charge in [-0.15, -0.1) is 10.2 Å². The molecule has 0 bridgehead atoms. The van der Waals surface area contributed by atoms with Crippen molar-refractivity contribution in [3.8, 4) is 0 Å². The molecule has 1 amide bonds. The third-order valence-electron chi connectivity index (χ3n) is 4.12. The summed E-state index contributed by atoms with van der Waals surface area (Å²) in [5.41, 5.74) is 1.91. The van der Waals surface area contributed by atoms with Gasteiger partial charge in [-0.1, -0.05) is 48.1 Å². The molecule has 0 spiro atoms. The van der Waals surface area contributed by atoms with Gasteiger partial charge in [-0.25, -0.2) is 0 Å². The third-order valence-corrected chi connectivity index (χ3v) is 5.94. The summed E-state index contributed by atoms with van der Waals surface area (Å²) in [4.78, 5) is 14.8. The normalized spacial score (nSPS) is 15.9. The summed E-state index contributed by atoms with van der Waals surface area (Å²) in [6.07, 6.45) is 7.22. The molecule has 0 atom stereocenters. The van der Waals surface area contributed by atoms with E-state index in [1.54, 1.807) is 0 Å². The van der Waals surface area contributed by atoms with Crippen molar-refractivity contribution in [2.75, 3.05) is 24.7 Å². The van der Waals surface area contributed by atoms with Crippen LogP contribution in [0.15, 0.2) is 28.6 Å². The van der Waals surface area contributed by atoms with Crippen LogP contribution in [0.25, 0.3) is 0 Å². The zero-order valence-electron chi connectivity index (χ0n) is 13.8. The molecule has 0 aliphatic carbocycles. The fourth-order valence-electron chi connectivity index (χ4n) is 2.83. The minimum absolute atomic E-state index is 0.139. The Morgan fingerprint density at radius 3 is 2.50 bits per heavy atom. The van der Waals surface area contributed by atoms with E-state index in [-0.39, 0.29) is 5.91 Å². The number of anilines is 1. The number of thioether (sulfide) groups is 1. The van der Waals surface area contributed by atoms with Crippen molar-refractivity contribution in [1.29, 1.82) is 0 Å². The average molecular weight is 363 g/mol. The number of nitrogens with one attached hydrogen (secondary N) is 1.